The van der Waals surface area contributed by atoms with Crippen molar-refractivity contribution < 1.29 is 19.0 Å². The minimum Gasteiger partial charge on any atom is -0.497 e. The van der Waals surface area contributed by atoms with Crippen LogP contribution in [0.25, 0.3) is 0 Å². The number of rotatable bonds is 6. The van der Waals surface area contributed by atoms with Gasteiger partial charge in [-0.05, 0) is 55.0 Å². The second-order valence-electron chi connectivity index (χ2n) is 8.28. The summed E-state index contributed by atoms with van der Waals surface area (Å²) in [5.41, 5.74) is 8.76. The van der Waals surface area contributed by atoms with Crippen molar-refractivity contribution in [1.82, 2.24) is 15.8 Å². The highest BCUT2D eigenvalue weighted by Gasteiger charge is 2.34. The fraction of sp³-hybridized carbons (Fsp3) is 0.458. The predicted octanol–water partition coefficient (Wildman–Crippen LogP) is 3.56. The van der Waals surface area contributed by atoms with Crippen molar-refractivity contribution in [2.75, 3.05) is 39.7 Å². The van der Waals surface area contributed by atoms with E-state index in [4.69, 9.17) is 14.2 Å². The SMILES string of the molecule is COc1cccc(C2CC(C3CCN(C(=O)Nc4cc(OC)ccc4OC)CC3)NN2)c1. The Morgan fingerprint density at radius 2 is 1.72 bits per heavy atom. The molecular formula is C24H32N4O4. The molecule has 2 unspecified atom stereocenters. The van der Waals surface area contributed by atoms with E-state index < -0.39 is 0 Å². The molecule has 2 amide bonds. The predicted molar refractivity (Wildman–Crippen MR) is 123 cm³/mol. The fourth-order valence-electron chi connectivity index (χ4n) is 4.58. The van der Waals surface area contributed by atoms with E-state index >= 15 is 0 Å². The van der Waals surface area contributed by atoms with Gasteiger partial charge in [-0.1, -0.05) is 12.1 Å². The Morgan fingerprint density at radius 3 is 2.44 bits per heavy atom. The van der Waals surface area contributed by atoms with E-state index in [-0.39, 0.29) is 12.1 Å². The molecule has 172 valence electrons. The average molecular weight is 441 g/mol. The van der Waals surface area contributed by atoms with Crippen LogP contribution in [0.15, 0.2) is 42.5 Å². The van der Waals surface area contributed by atoms with Gasteiger partial charge in [0.25, 0.3) is 0 Å². The van der Waals surface area contributed by atoms with Crippen molar-refractivity contribution >= 4 is 11.7 Å². The maximum absolute atomic E-state index is 12.8. The zero-order valence-corrected chi connectivity index (χ0v) is 18.9. The number of methoxy groups -OCH3 is 3. The first-order chi connectivity index (χ1) is 15.6. The summed E-state index contributed by atoms with van der Waals surface area (Å²) >= 11 is 0. The van der Waals surface area contributed by atoms with E-state index in [9.17, 15) is 4.79 Å². The van der Waals surface area contributed by atoms with Crippen molar-refractivity contribution in [2.24, 2.45) is 5.92 Å². The minimum absolute atomic E-state index is 0.109. The zero-order chi connectivity index (χ0) is 22.5. The lowest BCUT2D eigenvalue weighted by Gasteiger charge is -2.34. The molecule has 0 bridgehead atoms. The molecule has 3 N–H and O–H groups in total. The van der Waals surface area contributed by atoms with Gasteiger partial charge in [-0.2, -0.15) is 0 Å². The molecule has 2 aromatic carbocycles. The molecule has 2 aliphatic rings. The molecule has 2 atom stereocenters. The molecule has 2 saturated heterocycles. The van der Waals surface area contributed by atoms with E-state index in [2.05, 4.69) is 28.3 Å². The monoisotopic (exact) mass is 440 g/mol. The summed E-state index contributed by atoms with van der Waals surface area (Å²) in [7, 11) is 4.88. The van der Waals surface area contributed by atoms with Crippen LogP contribution in [-0.2, 0) is 0 Å². The van der Waals surface area contributed by atoms with E-state index in [1.54, 1.807) is 39.5 Å². The minimum atomic E-state index is -0.109. The summed E-state index contributed by atoms with van der Waals surface area (Å²) < 4.78 is 16.0. The maximum atomic E-state index is 12.8. The number of ether oxygens (including phenoxy) is 3. The molecule has 8 heteroatoms. The highest BCUT2D eigenvalue weighted by molar-refractivity contribution is 5.91. The standard InChI is InChI=1S/C24H32N4O4/c1-30-18-6-4-5-17(13-18)21-15-20(26-27-21)16-9-11-28(12-10-16)24(29)25-22-14-19(31-2)7-8-23(22)32-3/h4-8,13-14,16,20-21,26-27H,9-12,15H2,1-3H3,(H,25,29). The lowest BCUT2D eigenvalue weighted by atomic mass is 9.86. The van der Waals surface area contributed by atoms with Crippen molar-refractivity contribution in [3.05, 3.63) is 48.0 Å². The van der Waals surface area contributed by atoms with Crippen LogP contribution in [0.5, 0.6) is 17.2 Å². The number of urea groups is 1. The first kappa shape index (κ1) is 22.2. The summed E-state index contributed by atoms with van der Waals surface area (Å²) in [5, 5.41) is 2.97. The first-order valence-corrected chi connectivity index (χ1v) is 11.0. The molecule has 0 saturated carbocycles. The number of hydrogen-bond donors (Lipinski definition) is 3. The Bertz CT molecular complexity index is 930. The van der Waals surface area contributed by atoms with Gasteiger partial charge >= 0.3 is 6.03 Å². The molecule has 0 aromatic heterocycles. The van der Waals surface area contributed by atoms with Crippen molar-refractivity contribution in [2.45, 2.75) is 31.3 Å². The highest BCUT2D eigenvalue weighted by atomic mass is 16.5. The van der Waals surface area contributed by atoms with Gasteiger partial charge in [0.1, 0.15) is 17.2 Å². The van der Waals surface area contributed by atoms with Crippen LogP contribution >= 0.6 is 0 Å². The van der Waals surface area contributed by atoms with Gasteiger partial charge in [0, 0.05) is 31.2 Å². The third kappa shape index (κ3) is 4.92. The summed E-state index contributed by atoms with van der Waals surface area (Å²) in [6, 6.07) is 14.1. The van der Waals surface area contributed by atoms with Crippen LogP contribution in [0.1, 0.15) is 30.9 Å². The molecule has 2 aliphatic heterocycles. The number of nitrogens with zero attached hydrogens (tertiary/aromatic N) is 1. The van der Waals surface area contributed by atoms with E-state index in [1.807, 2.05) is 17.0 Å². The third-order valence-electron chi connectivity index (χ3n) is 6.47. The Hall–Kier alpha value is -2.97. The summed E-state index contributed by atoms with van der Waals surface area (Å²) in [5.74, 6) is 2.68. The van der Waals surface area contributed by atoms with Crippen LogP contribution < -0.4 is 30.4 Å². The van der Waals surface area contributed by atoms with Crippen LogP contribution in [-0.4, -0.2) is 51.4 Å². The molecule has 0 aliphatic carbocycles. The third-order valence-corrected chi connectivity index (χ3v) is 6.47. The topological polar surface area (TPSA) is 84.1 Å². The molecular weight excluding hydrogens is 408 g/mol. The summed E-state index contributed by atoms with van der Waals surface area (Å²) in [6.45, 7) is 1.45. The van der Waals surface area contributed by atoms with Gasteiger partial charge in [-0.15, -0.1) is 0 Å². The van der Waals surface area contributed by atoms with Crippen LogP contribution in [0, 0.1) is 5.92 Å². The normalized spacial score (nSPS) is 21.3. The Morgan fingerprint density at radius 1 is 0.969 bits per heavy atom. The van der Waals surface area contributed by atoms with Crippen molar-refractivity contribution in [1.29, 1.82) is 0 Å². The Balaban J connectivity index is 1.30. The van der Waals surface area contributed by atoms with Gasteiger partial charge in [0.15, 0.2) is 0 Å². The first-order valence-electron chi connectivity index (χ1n) is 11.0. The number of carbonyl (C=O) groups is 1. The quantitative estimate of drug-likeness (QED) is 0.637. The molecule has 2 aromatic rings. The summed E-state index contributed by atoms with van der Waals surface area (Å²) in [4.78, 5) is 14.7. The smallest absolute Gasteiger partial charge is 0.321 e. The zero-order valence-electron chi connectivity index (χ0n) is 18.9. The van der Waals surface area contributed by atoms with Gasteiger partial charge < -0.3 is 24.4 Å². The lowest BCUT2D eigenvalue weighted by Crippen LogP contribution is -2.45. The largest absolute Gasteiger partial charge is 0.497 e. The number of nitrogens with one attached hydrogen (secondary N) is 3. The molecule has 32 heavy (non-hydrogen) atoms. The van der Waals surface area contributed by atoms with Gasteiger partial charge in [-0.3, -0.25) is 10.9 Å². The molecule has 4 rings (SSSR count). The number of anilines is 1. The second kappa shape index (κ2) is 10.1. The van der Waals surface area contributed by atoms with E-state index in [1.165, 1.54) is 5.56 Å². The number of hydrogen-bond acceptors (Lipinski definition) is 6. The molecule has 0 radical (unpaired) electrons. The molecule has 2 heterocycles. The fourth-order valence-corrected chi connectivity index (χ4v) is 4.58. The van der Waals surface area contributed by atoms with Crippen LogP contribution in [0.2, 0.25) is 0 Å². The number of hydrazine groups is 1. The van der Waals surface area contributed by atoms with Crippen molar-refractivity contribution in [3.63, 3.8) is 0 Å². The number of likely N-dealkylation sites (tertiary alicyclic amines) is 1. The molecule has 8 nitrogen and oxygen atoms in total. The van der Waals surface area contributed by atoms with E-state index in [0.29, 0.717) is 29.1 Å². The Kier molecular flexibility index (Phi) is 7.02. The van der Waals surface area contributed by atoms with Crippen LogP contribution in [0.4, 0.5) is 10.5 Å². The van der Waals surface area contributed by atoms with Crippen LogP contribution in [0.3, 0.4) is 0 Å². The van der Waals surface area contributed by atoms with Gasteiger partial charge in [0.2, 0.25) is 0 Å². The van der Waals surface area contributed by atoms with Crippen molar-refractivity contribution in [3.8, 4) is 17.2 Å². The second-order valence-corrected chi connectivity index (χ2v) is 8.28. The number of benzene rings is 2. The molecule has 0 spiro atoms. The average Bonchev–Trinajstić information content (AvgIpc) is 3.34. The Labute approximate surface area is 189 Å². The number of piperidine rings is 1. The highest BCUT2D eigenvalue weighted by Crippen LogP contribution is 2.33. The maximum Gasteiger partial charge on any atom is 0.321 e. The molecule has 2 fully saturated rings. The lowest BCUT2D eigenvalue weighted by molar-refractivity contribution is 0.169. The van der Waals surface area contributed by atoms with Gasteiger partial charge in [0.05, 0.1) is 27.0 Å². The number of carbonyl (C=O) groups excluding carboxylic acids is 1. The van der Waals surface area contributed by atoms with Gasteiger partial charge in [-0.25, -0.2) is 4.79 Å². The number of amides is 2. The summed E-state index contributed by atoms with van der Waals surface area (Å²) in [6.07, 6.45) is 2.95. The van der Waals surface area contributed by atoms with E-state index in [0.717, 1.165) is 38.1 Å².